The number of carboxylic acid groups (broad SMARTS) is 1. The van der Waals surface area contributed by atoms with Crippen molar-refractivity contribution in [2.24, 2.45) is 0 Å². The van der Waals surface area contributed by atoms with Crippen molar-refractivity contribution in [3.05, 3.63) is 29.6 Å². The third-order valence-corrected chi connectivity index (χ3v) is 2.59. The largest absolute Gasteiger partial charge is 0.478 e. The van der Waals surface area contributed by atoms with Gasteiger partial charge in [0, 0.05) is 18.9 Å². The first-order valence-corrected chi connectivity index (χ1v) is 4.67. The van der Waals surface area contributed by atoms with Crippen molar-refractivity contribution >= 4 is 18.4 Å². The molecule has 0 bridgehead atoms. The lowest BCUT2D eigenvalue weighted by atomic mass is 9.95. The van der Waals surface area contributed by atoms with Crippen LogP contribution >= 0.6 is 12.4 Å². The third kappa shape index (κ3) is 2.46. The molecular weight excluding hydrogens is 216 g/mol. The molecule has 15 heavy (non-hydrogen) atoms. The SMILES string of the molecule is Cl.O=C(O)c1cnccc1C1CCNC1. The fraction of sp³-hybridized carbons (Fsp3) is 0.400. The van der Waals surface area contributed by atoms with Crippen molar-refractivity contribution in [2.75, 3.05) is 13.1 Å². The maximum atomic E-state index is 10.9. The number of hydrogen-bond acceptors (Lipinski definition) is 3. The van der Waals surface area contributed by atoms with Crippen LogP contribution in [0.4, 0.5) is 0 Å². The fourth-order valence-corrected chi connectivity index (χ4v) is 1.86. The van der Waals surface area contributed by atoms with Crippen LogP contribution in [0.2, 0.25) is 0 Å². The van der Waals surface area contributed by atoms with Crippen molar-refractivity contribution in [3.8, 4) is 0 Å². The monoisotopic (exact) mass is 228 g/mol. The first kappa shape index (κ1) is 11.9. The highest BCUT2D eigenvalue weighted by atomic mass is 35.5. The van der Waals surface area contributed by atoms with Crippen LogP contribution in [0.15, 0.2) is 18.5 Å². The highest BCUT2D eigenvalue weighted by Gasteiger charge is 2.21. The Morgan fingerprint density at radius 2 is 2.40 bits per heavy atom. The summed E-state index contributed by atoms with van der Waals surface area (Å²) in [6, 6.07) is 1.81. The van der Waals surface area contributed by atoms with Gasteiger partial charge in [-0.3, -0.25) is 4.98 Å². The van der Waals surface area contributed by atoms with Gasteiger partial charge in [0.2, 0.25) is 0 Å². The van der Waals surface area contributed by atoms with Gasteiger partial charge in [-0.25, -0.2) is 4.79 Å². The van der Waals surface area contributed by atoms with E-state index in [9.17, 15) is 4.79 Å². The molecule has 2 rings (SSSR count). The molecule has 1 fully saturated rings. The average molecular weight is 229 g/mol. The molecule has 0 amide bonds. The number of halogens is 1. The Labute approximate surface area is 94.1 Å². The molecule has 1 saturated heterocycles. The molecule has 0 saturated carbocycles. The molecule has 82 valence electrons. The second-order valence-corrected chi connectivity index (χ2v) is 3.46. The number of nitrogens with one attached hydrogen (secondary N) is 1. The van der Waals surface area contributed by atoms with Gasteiger partial charge >= 0.3 is 5.97 Å². The zero-order chi connectivity index (χ0) is 9.97. The number of carboxylic acids is 1. The molecule has 0 aliphatic carbocycles. The molecule has 1 atom stereocenters. The lowest BCUT2D eigenvalue weighted by Crippen LogP contribution is -2.11. The minimum Gasteiger partial charge on any atom is -0.478 e. The van der Waals surface area contributed by atoms with E-state index in [4.69, 9.17) is 5.11 Å². The number of aromatic carboxylic acids is 1. The number of pyridine rings is 1. The quantitative estimate of drug-likeness (QED) is 0.801. The molecule has 4 nitrogen and oxygen atoms in total. The van der Waals surface area contributed by atoms with Gasteiger partial charge in [0.1, 0.15) is 0 Å². The van der Waals surface area contributed by atoms with Crippen LogP contribution in [0.25, 0.3) is 0 Å². The standard InChI is InChI=1S/C10H12N2O2.ClH/c13-10(14)9-6-12-4-2-8(9)7-1-3-11-5-7;/h2,4,6-7,11H,1,3,5H2,(H,13,14);1H. The molecule has 0 aromatic carbocycles. The molecule has 1 aromatic heterocycles. The Bertz CT molecular complexity index is 351. The van der Waals surface area contributed by atoms with E-state index in [-0.39, 0.29) is 12.4 Å². The summed E-state index contributed by atoms with van der Waals surface area (Å²) in [5.74, 6) is -0.566. The van der Waals surface area contributed by atoms with Crippen molar-refractivity contribution in [3.63, 3.8) is 0 Å². The summed E-state index contributed by atoms with van der Waals surface area (Å²) >= 11 is 0. The third-order valence-electron chi connectivity index (χ3n) is 2.59. The zero-order valence-corrected chi connectivity index (χ0v) is 8.96. The minimum atomic E-state index is -0.889. The van der Waals surface area contributed by atoms with Gasteiger partial charge in [-0.2, -0.15) is 0 Å². The van der Waals surface area contributed by atoms with Crippen LogP contribution in [0.5, 0.6) is 0 Å². The van der Waals surface area contributed by atoms with Crippen molar-refractivity contribution in [1.29, 1.82) is 0 Å². The lowest BCUT2D eigenvalue weighted by Gasteiger charge is -2.10. The predicted octanol–water partition coefficient (Wildman–Crippen LogP) is 1.28. The summed E-state index contributed by atoms with van der Waals surface area (Å²) in [6.07, 6.45) is 4.08. The summed E-state index contributed by atoms with van der Waals surface area (Å²) in [6.45, 7) is 1.83. The van der Waals surface area contributed by atoms with Crippen LogP contribution in [-0.2, 0) is 0 Å². The van der Waals surface area contributed by atoms with Gasteiger partial charge in [-0.15, -0.1) is 12.4 Å². The summed E-state index contributed by atoms with van der Waals surface area (Å²) in [5, 5.41) is 12.2. The Morgan fingerprint density at radius 1 is 1.60 bits per heavy atom. The van der Waals surface area contributed by atoms with E-state index in [0.717, 1.165) is 25.1 Å². The van der Waals surface area contributed by atoms with Gasteiger partial charge in [0.25, 0.3) is 0 Å². The highest BCUT2D eigenvalue weighted by molar-refractivity contribution is 5.89. The van der Waals surface area contributed by atoms with E-state index in [2.05, 4.69) is 10.3 Å². The Kier molecular flexibility index (Phi) is 4.05. The van der Waals surface area contributed by atoms with Crippen LogP contribution in [0.1, 0.15) is 28.3 Å². The number of carbonyl (C=O) groups is 1. The number of rotatable bonds is 2. The smallest absolute Gasteiger partial charge is 0.337 e. The van der Waals surface area contributed by atoms with Crippen molar-refractivity contribution in [2.45, 2.75) is 12.3 Å². The Morgan fingerprint density at radius 3 is 3.00 bits per heavy atom. The van der Waals surface area contributed by atoms with Gasteiger partial charge in [0.15, 0.2) is 0 Å². The van der Waals surface area contributed by atoms with Crippen LogP contribution in [0, 0.1) is 0 Å². The molecule has 5 heteroatoms. The second kappa shape index (κ2) is 5.09. The second-order valence-electron chi connectivity index (χ2n) is 3.46. The van der Waals surface area contributed by atoms with Crippen molar-refractivity contribution < 1.29 is 9.90 Å². The topological polar surface area (TPSA) is 62.2 Å². The van der Waals surface area contributed by atoms with Gasteiger partial charge in [-0.1, -0.05) is 0 Å². The Balaban J connectivity index is 0.00000112. The van der Waals surface area contributed by atoms with Gasteiger partial charge in [0.05, 0.1) is 5.56 Å². The summed E-state index contributed by atoms with van der Waals surface area (Å²) in [5.41, 5.74) is 1.23. The zero-order valence-electron chi connectivity index (χ0n) is 8.14. The summed E-state index contributed by atoms with van der Waals surface area (Å²) in [4.78, 5) is 14.8. The van der Waals surface area contributed by atoms with Crippen molar-refractivity contribution in [1.82, 2.24) is 10.3 Å². The molecule has 1 aliphatic rings. The van der Waals surface area contributed by atoms with Crippen LogP contribution < -0.4 is 5.32 Å². The molecule has 1 aliphatic heterocycles. The Hall–Kier alpha value is -1.13. The van der Waals surface area contributed by atoms with Crippen LogP contribution in [-0.4, -0.2) is 29.1 Å². The van der Waals surface area contributed by atoms with E-state index in [0.29, 0.717) is 11.5 Å². The highest BCUT2D eigenvalue weighted by Crippen LogP contribution is 2.24. The maximum absolute atomic E-state index is 10.9. The normalized spacial score (nSPS) is 19.6. The molecular formula is C10H13ClN2O2. The van der Waals surface area contributed by atoms with E-state index in [1.807, 2.05) is 0 Å². The molecule has 2 heterocycles. The van der Waals surface area contributed by atoms with Gasteiger partial charge in [-0.05, 0) is 30.5 Å². The molecule has 2 N–H and O–H groups in total. The molecule has 0 spiro atoms. The number of hydrogen-bond donors (Lipinski definition) is 2. The predicted molar refractivity (Wildman–Crippen MR) is 58.7 cm³/mol. The van der Waals surface area contributed by atoms with Gasteiger partial charge < -0.3 is 10.4 Å². The summed E-state index contributed by atoms with van der Waals surface area (Å²) in [7, 11) is 0. The number of aromatic nitrogens is 1. The van der Waals surface area contributed by atoms with E-state index < -0.39 is 5.97 Å². The fourth-order valence-electron chi connectivity index (χ4n) is 1.86. The van der Waals surface area contributed by atoms with E-state index in [1.165, 1.54) is 6.20 Å². The first-order chi connectivity index (χ1) is 6.79. The summed E-state index contributed by atoms with van der Waals surface area (Å²) < 4.78 is 0. The molecule has 1 unspecified atom stereocenters. The maximum Gasteiger partial charge on any atom is 0.337 e. The average Bonchev–Trinajstić information content (AvgIpc) is 2.70. The van der Waals surface area contributed by atoms with E-state index in [1.54, 1.807) is 12.3 Å². The lowest BCUT2D eigenvalue weighted by molar-refractivity contribution is 0.0694. The van der Waals surface area contributed by atoms with Crippen LogP contribution in [0.3, 0.4) is 0 Å². The molecule has 0 radical (unpaired) electrons. The number of nitrogens with zero attached hydrogens (tertiary/aromatic N) is 1. The minimum absolute atomic E-state index is 0. The molecule has 1 aromatic rings. The first-order valence-electron chi connectivity index (χ1n) is 4.67. The van der Waals surface area contributed by atoms with E-state index >= 15 is 0 Å².